The summed E-state index contributed by atoms with van der Waals surface area (Å²) in [4.78, 5) is 15.4. The molecule has 0 saturated carbocycles. The van der Waals surface area contributed by atoms with Crippen LogP contribution in [0.5, 0.6) is 0 Å². The molecule has 0 aliphatic carbocycles. The molecule has 0 atom stereocenters. The van der Waals surface area contributed by atoms with Crippen LogP contribution in [0.3, 0.4) is 0 Å². The molecular weight excluding hydrogens is 210 g/mol. The molecule has 0 aliphatic rings. The van der Waals surface area contributed by atoms with Gasteiger partial charge in [0.2, 0.25) is 5.91 Å². The van der Waals surface area contributed by atoms with Crippen LogP contribution in [-0.4, -0.2) is 17.4 Å². The van der Waals surface area contributed by atoms with E-state index < -0.39 is 5.41 Å². The average Bonchev–Trinajstić information content (AvgIpc) is 2.51. The van der Waals surface area contributed by atoms with E-state index in [1.165, 1.54) is 0 Å². The summed E-state index contributed by atoms with van der Waals surface area (Å²) in [6.07, 6.45) is 0. The van der Waals surface area contributed by atoms with Crippen molar-refractivity contribution in [1.82, 2.24) is 10.3 Å². The van der Waals surface area contributed by atoms with Crippen LogP contribution < -0.4 is 11.1 Å². The van der Waals surface area contributed by atoms with E-state index in [2.05, 4.69) is 10.3 Å². The van der Waals surface area contributed by atoms with Crippen molar-refractivity contribution in [2.75, 3.05) is 6.54 Å². The molecule has 0 radical (unpaired) electrons. The minimum atomic E-state index is -0.509. The van der Waals surface area contributed by atoms with Gasteiger partial charge in [-0.1, -0.05) is 0 Å². The monoisotopic (exact) mass is 227 g/mol. The van der Waals surface area contributed by atoms with Crippen molar-refractivity contribution >= 4 is 17.2 Å². The van der Waals surface area contributed by atoms with Crippen molar-refractivity contribution in [3.05, 3.63) is 16.1 Å². The molecule has 0 fully saturated rings. The predicted molar refractivity (Wildman–Crippen MR) is 61.5 cm³/mol. The minimum Gasteiger partial charge on any atom is -0.369 e. The summed E-state index contributed by atoms with van der Waals surface area (Å²) in [5.74, 6) is -0.288. The van der Waals surface area contributed by atoms with Crippen molar-refractivity contribution in [1.29, 1.82) is 0 Å². The number of amides is 1. The van der Waals surface area contributed by atoms with Crippen molar-refractivity contribution in [2.45, 2.75) is 27.3 Å². The molecule has 1 amide bonds. The zero-order chi connectivity index (χ0) is 11.5. The smallest absolute Gasteiger partial charge is 0.224 e. The third kappa shape index (κ3) is 3.60. The molecular formula is C10H17N3OS. The maximum Gasteiger partial charge on any atom is 0.224 e. The van der Waals surface area contributed by atoms with E-state index in [0.717, 1.165) is 10.7 Å². The molecule has 1 rings (SSSR count). The van der Waals surface area contributed by atoms with Crippen LogP contribution in [0.4, 0.5) is 0 Å². The first-order valence-electron chi connectivity index (χ1n) is 4.83. The highest BCUT2D eigenvalue weighted by molar-refractivity contribution is 7.09. The van der Waals surface area contributed by atoms with Crippen LogP contribution in [0.25, 0.3) is 0 Å². The number of aromatic nitrogens is 1. The molecule has 84 valence electrons. The fourth-order valence-electron chi connectivity index (χ4n) is 1.08. The van der Waals surface area contributed by atoms with Crippen molar-refractivity contribution < 1.29 is 4.79 Å². The Morgan fingerprint density at radius 3 is 2.80 bits per heavy atom. The fraction of sp³-hybridized carbons (Fsp3) is 0.600. The van der Waals surface area contributed by atoms with Crippen molar-refractivity contribution in [2.24, 2.45) is 11.1 Å². The zero-order valence-corrected chi connectivity index (χ0v) is 10.1. The standard InChI is InChI=1S/C10H17N3OS/c1-7-13-8(5-15-7)4-12-6-10(2,3)9(11)14/h5,12H,4,6H2,1-3H3,(H2,11,14). The first kappa shape index (κ1) is 12.1. The van der Waals surface area contributed by atoms with Crippen LogP contribution in [-0.2, 0) is 11.3 Å². The highest BCUT2D eigenvalue weighted by Gasteiger charge is 2.24. The van der Waals surface area contributed by atoms with E-state index in [4.69, 9.17) is 5.73 Å². The van der Waals surface area contributed by atoms with E-state index in [-0.39, 0.29) is 5.91 Å². The van der Waals surface area contributed by atoms with E-state index >= 15 is 0 Å². The lowest BCUT2D eigenvalue weighted by molar-refractivity contribution is -0.125. The second kappa shape index (κ2) is 4.72. The van der Waals surface area contributed by atoms with Crippen LogP contribution in [0, 0.1) is 12.3 Å². The topological polar surface area (TPSA) is 68.0 Å². The normalized spacial score (nSPS) is 11.7. The third-order valence-corrected chi connectivity index (χ3v) is 3.03. The molecule has 1 aromatic rings. The van der Waals surface area contributed by atoms with Gasteiger partial charge in [0.25, 0.3) is 0 Å². The number of rotatable bonds is 5. The Hall–Kier alpha value is -0.940. The number of thiazole rings is 1. The molecule has 0 saturated heterocycles. The number of carbonyl (C=O) groups excluding carboxylic acids is 1. The van der Waals surface area contributed by atoms with E-state index in [1.807, 2.05) is 26.2 Å². The molecule has 5 heteroatoms. The number of hydrogen-bond acceptors (Lipinski definition) is 4. The highest BCUT2D eigenvalue weighted by atomic mass is 32.1. The summed E-state index contributed by atoms with van der Waals surface area (Å²) in [5.41, 5.74) is 5.76. The molecule has 1 heterocycles. The van der Waals surface area contributed by atoms with Gasteiger partial charge >= 0.3 is 0 Å². The minimum absolute atomic E-state index is 0.288. The van der Waals surface area contributed by atoms with Crippen molar-refractivity contribution in [3.63, 3.8) is 0 Å². The van der Waals surface area contributed by atoms with Gasteiger partial charge < -0.3 is 11.1 Å². The van der Waals surface area contributed by atoms with Gasteiger partial charge in [-0.3, -0.25) is 4.79 Å². The number of aryl methyl sites for hydroxylation is 1. The molecule has 0 unspecified atom stereocenters. The first-order valence-corrected chi connectivity index (χ1v) is 5.71. The Morgan fingerprint density at radius 2 is 2.33 bits per heavy atom. The second-order valence-corrected chi connectivity index (χ2v) is 5.27. The number of hydrogen-bond donors (Lipinski definition) is 2. The van der Waals surface area contributed by atoms with E-state index in [1.54, 1.807) is 11.3 Å². The van der Waals surface area contributed by atoms with Gasteiger partial charge in [-0.05, 0) is 20.8 Å². The Morgan fingerprint density at radius 1 is 1.67 bits per heavy atom. The predicted octanol–water partition coefficient (Wildman–Crippen LogP) is 1.05. The number of primary amides is 1. The number of carbonyl (C=O) groups is 1. The largest absolute Gasteiger partial charge is 0.369 e. The summed E-state index contributed by atoms with van der Waals surface area (Å²) >= 11 is 1.63. The van der Waals surface area contributed by atoms with Gasteiger partial charge in [0.1, 0.15) is 0 Å². The molecule has 4 nitrogen and oxygen atoms in total. The van der Waals surface area contributed by atoms with E-state index in [9.17, 15) is 4.79 Å². The summed E-state index contributed by atoms with van der Waals surface area (Å²) < 4.78 is 0. The van der Waals surface area contributed by atoms with Crippen LogP contribution in [0.15, 0.2) is 5.38 Å². The Balaban J connectivity index is 2.36. The Labute approximate surface area is 93.9 Å². The molecule has 3 N–H and O–H groups in total. The van der Waals surface area contributed by atoms with Gasteiger partial charge in [0, 0.05) is 18.5 Å². The van der Waals surface area contributed by atoms with Gasteiger partial charge in [-0.2, -0.15) is 0 Å². The summed E-state index contributed by atoms with van der Waals surface area (Å²) in [6, 6.07) is 0. The lowest BCUT2D eigenvalue weighted by Gasteiger charge is -2.20. The molecule has 1 aromatic heterocycles. The Kier molecular flexibility index (Phi) is 3.82. The van der Waals surface area contributed by atoms with Gasteiger partial charge in [0.15, 0.2) is 0 Å². The van der Waals surface area contributed by atoms with Gasteiger partial charge in [-0.15, -0.1) is 11.3 Å². The highest BCUT2D eigenvalue weighted by Crippen LogP contribution is 2.13. The molecule has 0 aliphatic heterocycles. The van der Waals surface area contributed by atoms with Crippen LogP contribution in [0.1, 0.15) is 24.5 Å². The van der Waals surface area contributed by atoms with E-state index in [0.29, 0.717) is 13.1 Å². The number of nitrogens with two attached hydrogens (primary N) is 1. The quantitative estimate of drug-likeness (QED) is 0.790. The lowest BCUT2D eigenvalue weighted by Crippen LogP contribution is -2.40. The summed E-state index contributed by atoms with van der Waals surface area (Å²) in [7, 11) is 0. The van der Waals surface area contributed by atoms with Gasteiger partial charge in [-0.25, -0.2) is 4.98 Å². The number of nitrogens with zero attached hydrogens (tertiary/aromatic N) is 1. The molecule has 0 bridgehead atoms. The maximum atomic E-state index is 11.0. The van der Waals surface area contributed by atoms with Crippen LogP contribution in [0.2, 0.25) is 0 Å². The molecule has 0 aromatic carbocycles. The summed E-state index contributed by atoms with van der Waals surface area (Å²) in [5, 5.41) is 6.25. The third-order valence-electron chi connectivity index (χ3n) is 2.21. The van der Waals surface area contributed by atoms with Gasteiger partial charge in [0.05, 0.1) is 16.1 Å². The maximum absolute atomic E-state index is 11.0. The molecule has 15 heavy (non-hydrogen) atoms. The first-order chi connectivity index (χ1) is 6.92. The number of nitrogens with one attached hydrogen (secondary N) is 1. The SMILES string of the molecule is Cc1nc(CNCC(C)(C)C(N)=O)cs1. The lowest BCUT2D eigenvalue weighted by atomic mass is 9.93. The van der Waals surface area contributed by atoms with Crippen molar-refractivity contribution in [3.8, 4) is 0 Å². The Bertz CT molecular complexity index is 346. The molecule has 0 spiro atoms. The van der Waals surface area contributed by atoms with Crippen LogP contribution >= 0.6 is 11.3 Å². The second-order valence-electron chi connectivity index (χ2n) is 4.21. The summed E-state index contributed by atoms with van der Waals surface area (Å²) in [6.45, 7) is 6.88. The zero-order valence-electron chi connectivity index (χ0n) is 9.33. The fourth-order valence-corrected chi connectivity index (χ4v) is 1.69. The average molecular weight is 227 g/mol.